The quantitative estimate of drug-likeness (QED) is 0.814. The average molecular weight is 368 g/mol. The Kier molecular flexibility index (Phi) is 6.79. The maximum Gasteiger partial charge on any atom is 0.269 e. The smallest absolute Gasteiger partial charge is 0.269 e. The number of nitrogens with one attached hydrogen (secondary N) is 1. The van der Waals surface area contributed by atoms with E-state index in [1.807, 2.05) is 6.07 Å². The van der Waals surface area contributed by atoms with Gasteiger partial charge in [-0.2, -0.15) is 0 Å². The van der Waals surface area contributed by atoms with Crippen LogP contribution in [0.1, 0.15) is 23.0 Å². The second kappa shape index (κ2) is 9.48. The molecule has 1 aromatic carbocycles. The molecule has 0 radical (unpaired) electrons. The van der Waals surface area contributed by atoms with E-state index in [1.54, 1.807) is 12.3 Å². The number of aromatic nitrogens is 1. The van der Waals surface area contributed by atoms with Crippen molar-refractivity contribution in [1.29, 1.82) is 0 Å². The Morgan fingerprint density at radius 2 is 2.04 bits per heavy atom. The minimum absolute atomic E-state index is 0.131. The van der Waals surface area contributed by atoms with Gasteiger partial charge in [0.2, 0.25) is 0 Å². The molecular weight excluding hydrogens is 340 g/mol. The van der Waals surface area contributed by atoms with Crippen molar-refractivity contribution in [3.63, 3.8) is 0 Å². The molecule has 1 N–H and O–H groups in total. The number of rotatable bonds is 7. The molecule has 1 fully saturated rings. The summed E-state index contributed by atoms with van der Waals surface area (Å²) < 4.78 is 5.33. The van der Waals surface area contributed by atoms with E-state index in [0.29, 0.717) is 12.2 Å². The first-order valence-corrected chi connectivity index (χ1v) is 9.56. The fourth-order valence-electron chi connectivity index (χ4n) is 3.23. The van der Waals surface area contributed by atoms with Crippen molar-refractivity contribution < 1.29 is 9.53 Å². The lowest BCUT2D eigenvalue weighted by molar-refractivity contribution is 0.0383. The van der Waals surface area contributed by atoms with Crippen LogP contribution >= 0.6 is 0 Å². The van der Waals surface area contributed by atoms with Crippen LogP contribution in [0.25, 0.3) is 0 Å². The second-order valence-electron chi connectivity index (χ2n) is 6.69. The molecule has 1 aromatic heterocycles. The third-order valence-corrected chi connectivity index (χ3v) is 4.74. The predicted molar refractivity (Wildman–Crippen MR) is 108 cm³/mol. The largest absolute Gasteiger partial charge is 0.379 e. The highest BCUT2D eigenvalue weighted by Crippen LogP contribution is 2.25. The Bertz CT molecular complexity index is 742. The van der Waals surface area contributed by atoms with Gasteiger partial charge >= 0.3 is 0 Å². The third-order valence-electron chi connectivity index (χ3n) is 4.74. The van der Waals surface area contributed by atoms with Crippen molar-refractivity contribution in [2.75, 3.05) is 50.8 Å². The van der Waals surface area contributed by atoms with Crippen LogP contribution in [0, 0.1) is 6.92 Å². The molecular formula is C21H28N4O2. The number of hydrogen-bond donors (Lipinski definition) is 1. The molecule has 1 aliphatic heterocycles. The third kappa shape index (κ3) is 5.28. The normalized spacial score (nSPS) is 14.7. The molecule has 0 unspecified atom stereocenters. The summed E-state index contributed by atoms with van der Waals surface area (Å²) in [5, 5.41) is 2.95. The van der Waals surface area contributed by atoms with Crippen LogP contribution in [0.3, 0.4) is 0 Å². The van der Waals surface area contributed by atoms with E-state index in [2.05, 4.69) is 58.2 Å². The van der Waals surface area contributed by atoms with Crippen LogP contribution in [-0.2, 0) is 4.74 Å². The number of carbonyl (C=O) groups excluding carboxylic acids is 1. The summed E-state index contributed by atoms with van der Waals surface area (Å²) in [7, 11) is 0. The lowest BCUT2D eigenvalue weighted by atomic mass is 10.2. The monoisotopic (exact) mass is 368 g/mol. The highest BCUT2D eigenvalue weighted by atomic mass is 16.5. The molecule has 0 atom stereocenters. The predicted octanol–water partition coefficient (Wildman–Crippen LogP) is 2.61. The van der Waals surface area contributed by atoms with Crippen molar-refractivity contribution in [1.82, 2.24) is 15.2 Å². The number of aryl methyl sites for hydroxylation is 1. The van der Waals surface area contributed by atoms with Gasteiger partial charge in [-0.05, 0) is 43.7 Å². The molecule has 0 aliphatic carbocycles. The first kappa shape index (κ1) is 19.3. The van der Waals surface area contributed by atoms with E-state index in [9.17, 15) is 4.79 Å². The van der Waals surface area contributed by atoms with Crippen molar-refractivity contribution in [2.45, 2.75) is 13.8 Å². The van der Waals surface area contributed by atoms with E-state index in [1.165, 1.54) is 5.56 Å². The number of ether oxygens (including phenoxy) is 1. The SMILES string of the molecule is CCN(c1ccc(C(=O)NCCN2CCOCC2)nc1)c1cccc(C)c1. The number of pyridine rings is 1. The summed E-state index contributed by atoms with van der Waals surface area (Å²) in [4.78, 5) is 21.2. The van der Waals surface area contributed by atoms with Crippen LogP contribution in [-0.4, -0.2) is 61.7 Å². The van der Waals surface area contributed by atoms with Crippen molar-refractivity contribution in [3.05, 3.63) is 53.9 Å². The molecule has 3 rings (SSSR count). The zero-order valence-electron chi connectivity index (χ0n) is 16.1. The van der Waals surface area contributed by atoms with Gasteiger partial charge in [0.25, 0.3) is 5.91 Å². The summed E-state index contributed by atoms with van der Waals surface area (Å²) in [5.41, 5.74) is 3.77. The molecule has 6 nitrogen and oxygen atoms in total. The van der Waals surface area contributed by atoms with E-state index < -0.39 is 0 Å². The molecule has 0 bridgehead atoms. The first-order valence-electron chi connectivity index (χ1n) is 9.56. The molecule has 0 saturated carbocycles. The first-order chi connectivity index (χ1) is 13.2. The van der Waals surface area contributed by atoms with Crippen LogP contribution in [0.15, 0.2) is 42.6 Å². The maximum atomic E-state index is 12.3. The highest BCUT2D eigenvalue weighted by Gasteiger charge is 2.13. The molecule has 144 valence electrons. The molecule has 1 aliphatic rings. The fraction of sp³-hybridized carbons (Fsp3) is 0.429. The van der Waals surface area contributed by atoms with Gasteiger partial charge < -0.3 is 15.0 Å². The highest BCUT2D eigenvalue weighted by molar-refractivity contribution is 5.92. The van der Waals surface area contributed by atoms with Gasteiger partial charge in [-0.1, -0.05) is 12.1 Å². The van der Waals surface area contributed by atoms with E-state index in [-0.39, 0.29) is 5.91 Å². The number of carbonyl (C=O) groups is 1. The van der Waals surface area contributed by atoms with Crippen LogP contribution < -0.4 is 10.2 Å². The lowest BCUT2D eigenvalue weighted by Gasteiger charge is -2.26. The summed E-state index contributed by atoms with van der Waals surface area (Å²) >= 11 is 0. The lowest BCUT2D eigenvalue weighted by Crippen LogP contribution is -2.41. The van der Waals surface area contributed by atoms with Gasteiger partial charge in [0, 0.05) is 38.4 Å². The number of amides is 1. The van der Waals surface area contributed by atoms with Gasteiger partial charge in [0.05, 0.1) is 25.1 Å². The number of morpholine rings is 1. The molecule has 6 heteroatoms. The molecule has 2 heterocycles. The Labute approximate surface area is 161 Å². The topological polar surface area (TPSA) is 57.7 Å². The Morgan fingerprint density at radius 1 is 1.22 bits per heavy atom. The summed E-state index contributed by atoms with van der Waals surface area (Å²) in [5.74, 6) is -0.131. The molecule has 0 spiro atoms. The van der Waals surface area contributed by atoms with E-state index >= 15 is 0 Å². The number of nitrogens with zero attached hydrogens (tertiary/aromatic N) is 3. The minimum Gasteiger partial charge on any atom is -0.379 e. The van der Waals surface area contributed by atoms with Gasteiger partial charge in [0.15, 0.2) is 0 Å². The average Bonchev–Trinajstić information content (AvgIpc) is 2.70. The minimum atomic E-state index is -0.131. The van der Waals surface area contributed by atoms with Crippen LogP contribution in [0.5, 0.6) is 0 Å². The fourth-order valence-corrected chi connectivity index (χ4v) is 3.23. The van der Waals surface area contributed by atoms with E-state index in [0.717, 1.165) is 50.8 Å². The standard InChI is InChI=1S/C21H28N4O2/c1-3-25(18-6-4-5-17(2)15-18)19-7-8-20(23-16-19)21(26)22-9-10-24-11-13-27-14-12-24/h4-8,15-16H,3,9-14H2,1-2H3,(H,22,26). The molecule has 1 saturated heterocycles. The van der Waals surface area contributed by atoms with Crippen LogP contribution in [0.2, 0.25) is 0 Å². The summed E-state index contributed by atoms with van der Waals surface area (Å²) in [6.45, 7) is 9.86. The summed E-state index contributed by atoms with van der Waals surface area (Å²) in [6, 6.07) is 12.1. The Hall–Kier alpha value is -2.44. The number of hydrogen-bond acceptors (Lipinski definition) is 5. The van der Waals surface area contributed by atoms with Gasteiger partial charge in [-0.3, -0.25) is 9.69 Å². The molecule has 27 heavy (non-hydrogen) atoms. The molecule has 1 amide bonds. The van der Waals surface area contributed by atoms with Crippen molar-refractivity contribution in [3.8, 4) is 0 Å². The maximum absolute atomic E-state index is 12.3. The number of benzene rings is 1. The Morgan fingerprint density at radius 3 is 2.70 bits per heavy atom. The van der Waals surface area contributed by atoms with Crippen LogP contribution in [0.4, 0.5) is 11.4 Å². The second-order valence-corrected chi connectivity index (χ2v) is 6.69. The Balaban J connectivity index is 1.57. The number of anilines is 2. The van der Waals surface area contributed by atoms with Crippen molar-refractivity contribution in [2.24, 2.45) is 0 Å². The van der Waals surface area contributed by atoms with Gasteiger partial charge in [0.1, 0.15) is 5.69 Å². The van der Waals surface area contributed by atoms with Gasteiger partial charge in [-0.25, -0.2) is 4.98 Å². The molecule has 2 aromatic rings. The van der Waals surface area contributed by atoms with Gasteiger partial charge in [-0.15, -0.1) is 0 Å². The van der Waals surface area contributed by atoms with E-state index in [4.69, 9.17) is 4.74 Å². The zero-order chi connectivity index (χ0) is 19.1. The summed E-state index contributed by atoms with van der Waals surface area (Å²) in [6.07, 6.45) is 1.77. The zero-order valence-corrected chi connectivity index (χ0v) is 16.1. The van der Waals surface area contributed by atoms with Crippen molar-refractivity contribution >= 4 is 17.3 Å².